The molecule has 0 aromatic carbocycles. The molecule has 3 nitrogen and oxygen atoms in total. The Kier molecular flexibility index (Phi) is 8.83. The van der Waals surface area contributed by atoms with Crippen LogP contribution in [0.4, 0.5) is 0 Å². The first kappa shape index (κ1) is 16.9. The van der Waals surface area contributed by atoms with Gasteiger partial charge in [0.1, 0.15) is 0 Å². The first-order valence-corrected chi connectivity index (χ1v) is 7.08. The number of hydrogen-bond acceptors (Lipinski definition) is 3. The highest BCUT2D eigenvalue weighted by Gasteiger charge is 2.24. The summed E-state index contributed by atoms with van der Waals surface area (Å²) in [6, 6.07) is 0.415. The topological polar surface area (TPSA) is 35.5 Å². The van der Waals surface area contributed by atoms with Crippen LogP contribution < -0.4 is 5.32 Å². The van der Waals surface area contributed by atoms with Crippen LogP contribution in [0.15, 0.2) is 0 Å². The van der Waals surface area contributed by atoms with Crippen LogP contribution in [-0.4, -0.2) is 47.8 Å². The minimum absolute atomic E-state index is 0.145. The Balaban J connectivity index is 4.16. The summed E-state index contributed by atoms with van der Waals surface area (Å²) >= 11 is 0. The number of nitrogens with one attached hydrogen (secondary N) is 1. The fourth-order valence-electron chi connectivity index (χ4n) is 2.27. The lowest BCUT2D eigenvalue weighted by Crippen LogP contribution is -2.51. The van der Waals surface area contributed by atoms with E-state index in [0.717, 1.165) is 26.1 Å². The standard InChI is InChI=1S/C14H32N2O/c1-6-9-16(10-7-2)11-8-14(5,12-17)15-13(3)4/h13,15,17H,6-12H2,1-5H3. The van der Waals surface area contributed by atoms with Gasteiger partial charge in [-0.15, -0.1) is 0 Å². The first-order chi connectivity index (χ1) is 7.97. The van der Waals surface area contributed by atoms with E-state index in [1.807, 2.05) is 0 Å². The molecule has 0 heterocycles. The third kappa shape index (κ3) is 7.74. The van der Waals surface area contributed by atoms with Gasteiger partial charge in [0.2, 0.25) is 0 Å². The molecular formula is C14H32N2O. The van der Waals surface area contributed by atoms with E-state index in [2.05, 4.69) is 44.8 Å². The molecule has 0 radical (unpaired) electrons. The van der Waals surface area contributed by atoms with Crippen molar-refractivity contribution in [1.29, 1.82) is 0 Å². The fraction of sp³-hybridized carbons (Fsp3) is 1.00. The second kappa shape index (κ2) is 8.90. The summed E-state index contributed by atoms with van der Waals surface area (Å²) in [5.74, 6) is 0. The van der Waals surface area contributed by atoms with E-state index in [1.54, 1.807) is 0 Å². The average molecular weight is 244 g/mol. The van der Waals surface area contributed by atoms with E-state index in [9.17, 15) is 5.11 Å². The zero-order valence-electron chi connectivity index (χ0n) is 12.4. The van der Waals surface area contributed by atoms with Gasteiger partial charge in [0.25, 0.3) is 0 Å². The lowest BCUT2D eigenvalue weighted by atomic mass is 9.97. The lowest BCUT2D eigenvalue weighted by Gasteiger charge is -2.33. The van der Waals surface area contributed by atoms with Gasteiger partial charge in [-0.1, -0.05) is 27.7 Å². The molecule has 2 N–H and O–H groups in total. The molecule has 0 saturated carbocycles. The molecule has 0 aliphatic heterocycles. The van der Waals surface area contributed by atoms with Gasteiger partial charge >= 0.3 is 0 Å². The summed E-state index contributed by atoms with van der Waals surface area (Å²) in [5.41, 5.74) is -0.145. The smallest absolute Gasteiger partial charge is 0.0611 e. The summed E-state index contributed by atoms with van der Waals surface area (Å²) in [6.45, 7) is 14.4. The van der Waals surface area contributed by atoms with Gasteiger partial charge in [-0.3, -0.25) is 0 Å². The summed E-state index contributed by atoms with van der Waals surface area (Å²) in [6.07, 6.45) is 3.41. The molecular weight excluding hydrogens is 212 g/mol. The highest BCUT2D eigenvalue weighted by Crippen LogP contribution is 2.11. The van der Waals surface area contributed by atoms with E-state index in [4.69, 9.17) is 0 Å². The van der Waals surface area contributed by atoms with Crippen molar-refractivity contribution in [3.63, 3.8) is 0 Å². The van der Waals surface area contributed by atoms with Crippen molar-refractivity contribution in [3.05, 3.63) is 0 Å². The Labute approximate surface area is 108 Å². The van der Waals surface area contributed by atoms with Crippen LogP contribution in [0.5, 0.6) is 0 Å². The van der Waals surface area contributed by atoms with Crippen LogP contribution in [0.1, 0.15) is 53.9 Å². The van der Waals surface area contributed by atoms with Gasteiger partial charge in [0, 0.05) is 11.6 Å². The molecule has 0 rings (SSSR count). The summed E-state index contributed by atoms with van der Waals surface area (Å²) < 4.78 is 0. The van der Waals surface area contributed by atoms with E-state index in [0.29, 0.717) is 6.04 Å². The molecule has 0 amide bonds. The zero-order valence-corrected chi connectivity index (χ0v) is 12.4. The van der Waals surface area contributed by atoms with Gasteiger partial charge in [-0.2, -0.15) is 0 Å². The van der Waals surface area contributed by atoms with Crippen LogP contribution in [-0.2, 0) is 0 Å². The van der Waals surface area contributed by atoms with Gasteiger partial charge in [0.05, 0.1) is 6.61 Å². The summed E-state index contributed by atoms with van der Waals surface area (Å²) in [7, 11) is 0. The Morgan fingerprint density at radius 1 is 1.12 bits per heavy atom. The van der Waals surface area contributed by atoms with Gasteiger partial charge < -0.3 is 15.3 Å². The van der Waals surface area contributed by atoms with E-state index >= 15 is 0 Å². The Morgan fingerprint density at radius 2 is 1.65 bits per heavy atom. The van der Waals surface area contributed by atoms with Gasteiger partial charge in [0.15, 0.2) is 0 Å². The van der Waals surface area contributed by atoms with Crippen molar-refractivity contribution in [1.82, 2.24) is 10.2 Å². The highest BCUT2D eigenvalue weighted by atomic mass is 16.3. The number of rotatable bonds is 10. The molecule has 17 heavy (non-hydrogen) atoms. The van der Waals surface area contributed by atoms with Gasteiger partial charge in [-0.25, -0.2) is 0 Å². The molecule has 1 unspecified atom stereocenters. The molecule has 0 fully saturated rings. The van der Waals surface area contributed by atoms with Crippen molar-refractivity contribution in [2.45, 2.75) is 65.5 Å². The van der Waals surface area contributed by atoms with E-state index < -0.39 is 0 Å². The number of aliphatic hydroxyl groups is 1. The molecule has 0 aromatic rings. The summed E-state index contributed by atoms with van der Waals surface area (Å²) in [4.78, 5) is 2.50. The molecule has 0 aliphatic rings. The second-order valence-electron chi connectivity index (χ2n) is 5.61. The van der Waals surface area contributed by atoms with E-state index in [-0.39, 0.29) is 12.1 Å². The molecule has 0 spiro atoms. The fourth-order valence-corrected chi connectivity index (χ4v) is 2.27. The number of aliphatic hydroxyl groups excluding tert-OH is 1. The zero-order chi connectivity index (χ0) is 13.3. The SMILES string of the molecule is CCCN(CCC)CCC(C)(CO)NC(C)C. The largest absolute Gasteiger partial charge is 0.394 e. The van der Waals surface area contributed by atoms with Crippen LogP contribution in [0.3, 0.4) is 0 Å². The Morgan fingerprint density at radius 3 is 2.00 bits per heavy atom. The number of nitrogens with zero attached hydrogens (tertiary/aromatic N) is 1. The first-order valence-electron chi connectivity index (χ1n) is 7.08. The predicted octanol–water partition coefficient (Wildman–Crippen LogP) is 2.25. The summed E-state index contributed by atoms with van der Waals surface area (Å²) in [5, 5.41) is 13.0. The van der Waals surface area contributed by atoms with Crippen LogP contribution >= 0.6 is 0 Å². The lowest BCUT2D eigenvalue weighted by molar-refractivity contribution is 0.137. The maximum Gasteiger partial charge on any atom is 0.0611 e. The highest BCUT2D eigenvalue weighted by molar-refractivity contribution is 4.85. The van der Waals surface area contributed by atoms with Crippen LogP contribution in [0.25, 0.3) is 0 Å². The van der Waals surface area contributed by atoms with Gasteiger partial charge in [-0.05, 0) is 45.8 Å². The minimum Gasteiger partial charge on any atom is -0.394 e. The molecule has 104 valence electrons. The molecule has 0 aromatic heterocycles. The maximum absolute atomic E-state index is 9.53. The average Bonchev–Trinajstić information content (AvgIpc) is 2.26. The van der Waals surface area contributed by atoms with Crippen LogP contribution in [0, 0.1) is 0 Å². The van der Waals surface area contributed by atoms with Crippen molar-refractivity contribution >= 4 is 0 Å². The van der Waals surface area contributed by atoms with E-state index in [1.165, 1.54) is 12.8 Å². The maximum atomic E-state index is 9.53. The van der Waals surface area contributed by atoms with Crippen molar-refractivity contribution < 1.29 is 5.11 Å². The Bertz CT molecular complexity index is 179. The predicted molar refractivity (Wildman–Crippen MR) is 75.4 cm³/mol. The van der Waals surface area contributed by atoms with Crippen molar-refractivity contribution in [2.24, 2.45) is 0 Å². The van der Waals surface area contributed by atoms with Crippen molar-refractivity contribution in [3.8, 4) is 0 Å². The molecule has 0 saturated heterocycles. The normalized spacial score (nSPS) is 15.5. The number of hydrogen-bond donors (Lipinski definition) is 2. The van der Waals surface area contributed by atoms with Crippen LogP contribution in [0.2, 0.25) is 0 Å². The second-order valence-corrected chi connectivity index (χ2v) is 5.61. The molecule has 0 bridgehead atoms. The Hall–Kier alpha value is -0.120. The third-order valence-corrected chi connectivity index (χ3v) is 3.05. The third-order valence-electron chi connectivity index (χ3n) is 3.05. The molecule has 3 heteroatoms. The molecule has 0 aliphatic carbocycles. The minimum atomic E-state index is -0.145. The monoisotopic (exact) mass is 244 g/mol. The quantitative estimate of drug-likeness (QED) is 0.619. The van der Waals surface area contributed by atoms with Crippen molar-refractivity contribution in [2.75, 3.05) is 26.2 Å². The molecule has 1 atom stereocenters.